The summed E-state index contributed by atoms with van der Waals surface area (Å²) < 4.78 is 0. The summed E-state index contributed by atoms with van der Waals surface area (Å²) in [7, 11) is 0. The van der Waals surface area contributed by atoms with Crippen LogP contribution < -0.4 is 0 Å². The Hall–Kier alpha value is -0.890. The molecule has 17 heavy (non-hydrogen) atoms. The number of rotatable bonds is 2. The van der Waals surface area contributed by atoms with Gasteiger partial charge in [-0.25, -0.2) is 0 Å². The Balaban J connectivity index is 2.43. The first-order chi connectivity index (χ1) is 8.04. The molecule has 0 saturated heterocycles. The van der Waals surface area contributed by atoms with Crippen molar-refractivity contribution < 1.29 is 9.90 Å². The highest BCUT2D eigenvalue weighted by atomic mass is 16.3. The molecule has 0 aromatic carbocycles. The van der Waals surface area contributed by atoms with E-state index in [0.717, 1.165) is 12.0 Å². The molecule has 2 nitrogen and oxygen atoms in total. The lowest BCUT2D eigenvalue weighted by molar-refractivity contribution is -0.118. The van der Waals surface area contributed by atoms with Gasteiger partial charge in [-0.3, -0.25) is 4.79 Å². The van der Waals surface area contributed by atoms with E-state index in [0.29, 0.717) is 35.7 Å². The maximum absolute atomic E-state index is 12.0. The summed E-state index contributed by atoms with van der Waals surface area (Å²) in [5.74, 6) is 2.17. The van der Waals surface area contributed by atoms with E-state index in [1.54, 1.807) is 0 Å². The average Bonchev–Trinajstić information content (AvgIpc) is 2.28. The summed E-state index contributed by atoms with van der Waals surface area (Å²) in [6, 6.07) is 0. The van der Waals surface area contributed by atoms with Gasteiger partial charge in [-0.1, -0.05) is 32.9 Å². The monoisotopic (exact) mass is 234 g/mol. The molecule has 0 saturated carbocycles. The summed E-state index contributed by atoms with van der Waals surface area (Å²) in [4.78, 5) is 12.0. The van der Waals surface area contributed by atoms with E-state index in [1.807, 2.05) is 0 Å². The molecule has 3 atom stereocenters. The molecular formula is C15H22O2. The molecule has 0 aromatic rings. The highest BCUT2D eigenvalue weighted by molar-refractivity contribution is 5.98. The second kappa shape index (κ2) is 4.77. The Kier molecular flexibility index (Phi) is 3.53. The van der Waals surface area contributed by atoms with E-state index < -0.39 is 0 Å². The highest BCUT2D eigenvalue weighted by Gasteiger charge is 2.37. The van der Waals surface area contributed by atoms with Gasteiger partial charge in [0.05, 0.1) is 6.61 Å². The smallest absolute Gasteiger partial charge is 0.161 e. The zero-order chi connectivity index (χ0) is 12.6. The van der Waals surface area contributed by atoms with E-state index in [9.17, 15) is 9.90 Å². The number of ketones is 1. The Labute approximate surface area is 103 Å². The first kappa shape index (κ1) is 12.6. The molecule has 0 aromatic heterocycles. The van der Waals surface area contributed by atoms with Gasteiger partial charge in [-0.2, -0.15) is 0 Å². The van der Waals surface area contributed by atoms with Crippen molar-refractivity contribution in [2.45, 2.75) is 33.6 Å². The fourth-order valence-corrected chi connectivity index (χ4v) is 3.25. The molecule has 2 aliphatic carbocycles. The lowest BCUT2D eigenvalue weighted by atomic mass is 9.65. The number of fused-ring (bicyclic) bond motifs is 1. The third-order valence-corrected chi connectivity index (χ3v) is 4.27. The molecule has 0 fully saturated rings. The molecule has 0 heterocycles. The molecule has 2 rings (SSSR count). The van der Waals surface area contributed by atoms with Crippen molar-refractivity contribution in [2.75, 3.05) is 6.61 Å². The zero-order valence-electron chi connectivity index (χ0n) is 10.9. The van der Waals surface area contributed by atoms with Crippen LogP contribution in [0, 0.1) is 23.7 Å². The molecule has 0 bridgehead atoms. The number of allylic oxidation sites excluding steroid dienone is 3. The summed E-state index contributed by atoms with van der Waals surface area (Å²) in [6.45, 7) is 6.51. The van der Waals surface area contributed by atoms with E-state index in [1.165, 1.54) is 0 Å². The standard InChI is InChI=1S/C15H22O2/c1-9(2)12-7-15(17)14(8-16)11-5-4-10(3)6-13(11)12/h4-5,9-10,12-13,16H,6-8H2,1-3H3/t10-,12-,13+/m0/s1. The van der Waals surface area contributed by atoms with Gasteiger partial charge in [-0.15, -0.1) is 0 Å². The fraction of sp³-hybridized carbons (Fsp3) is 0.667. The van der Waals surface area contributed by atoms with Gasteiger partial charge >= 0.3 is 0 Å². The first-order valence-corrected chi connectivity index (χ1v) is 6.59. The van der Waals surface area contributed by atoms with E-state index in [4.69, 9.17) is 0 Å². The number of aliphatic hydroxyl groups excluding tert-OH is 1. The van der Waals surface area contributed by atoms with Crippen molar-refractivity contribution in [1.29, 1.82) is 0 Å². The van der Waals surface area contributed by atoms with Gasteiger partial charge in [0.15, 0.2) is 5.78 Å². The van der Waals surface area contributed by atoms with Gasteiger partial charge < -0.3 is 5.11 Å². The maximum Gasteiger partial charge on any atom is 0.161 e. The average molecular weight is 234 g/mol. The molecule has 0 amide bonds. The number of Topliss-reactive ketones (excluding diaryl/α,β-unsaturated/α-hetero) is 1. The van der Waals surface area contributed by atoms with Gasteiger partial charge in [0.2, 0.25) is 0 Å². The summed E-state index contributed by atoms with van der Waals surface area (Å²) in [6.07, 6.45) is 5.97. The minimum atomic E-state index is -0.103. The van der Waals surface area contributed by atoms with Gasteiger partial charge in [0.25, 0.3) is 0 Å². The number of carbonyl (C=O) groups is 1. The van der Waals surface area contributed by atoms with Crippen LogP contribution in [0.25, 0.3) is 0 Å². The Morgan fingerprint density at radius 2 is 2.18 bits per heavy atom. The van der Waals surface area contributed by atoms with Crippen LogP contribution in [0.1, 0.15) is 33.6 Å². The lowest BCUT2D eigenvalue weighted by Gasteiger charge is -2.39. The topological polar surface area (TPSA) is 37.3 Å². The van der Waals surface area contributed by atoms with Gasteiger partial charge in [0.1, 0.15) is 0 Å². The van der Waals surface area contributed by atoms with Crippen molar-refractivity contribution in [3.05, 3.63) is 23.3 Å². The van der Waals surface area contributed by atoms with E-state index in [-0.39, 0.29) is 12.4 Å². The largest absolute Gasteiger partial charge is 0.392 e. The zero-order valence-corrected chi connectivity index (χ0v) is 10.9. The van der Waals surface area contributed by atoms with Crippen LogP contribution in [0.15, 0.2) is 23.3 Å². The molecule has 2 aliphatic rings. The molecule has 1 N–H and O–H groups in total. The summed E-state index contributed by atoms with van der Waals surface area (Å²) >= 11 is 0. The predicted molar refractivity (Wildman–Crippen MR) is 68.5 cm³/mol. The summed E-state index contributed by atoms with van der Waals surface area (Å²) in [5, 5.41) is 9.38. The molecule has 0 spiro atoms. The predicted octanol–water partition coefficient (Wildman–Crippen LogP) is 2.73. The number of hydrogen-bond donors (Lipinski definition) is 1. The third kappa shape index (κ3) is 2.23. The first-order valence-electron chi connectivity index (χ1n) is 6.59. The van der Waals surface area contributed by atoms with Crippen molar-refractivity contribution >= 4 is 5.78 Å². The molecule has 2 heteroatoms. The molecule has 94 valence electrons. The van der Waals surface area contributed by atoms with Crippen LogP contribution in [0.3, 0.4) is 0 Å². The minimum Gasteiger partial charge on any atom is -0.392 e. The van der Waals surface area contributed by atoms with Crippen LogP contribution >= 0.6 is 0 Å². The minimum absolute atomic E-state index is 0.103. The quantitative estimate of drug-likeness (QED) is 0.797. The van der Waals surface area contributed by atoms with Crippen LogP contribution in [0.5, 0.6) is 0 Å². The molecule has 0 radical (unpaired) electrons. The van der Waals surface area contributed by atoms with E-state index >= 15 is 0 Å². The summed E-state index contributed by atoms with van der Waals surface area (Å²) in [5.41, 5.74) is 1.77. The van der Waals surface area contributed by atoms with Crippen LogP contribution in [-0.2, 0) is 4.79 Å². The Bertz CT molecular complexity index is 376. The molecule has 0 aliphatic heterocycles. The van der Waals surface area contributed by atoms with Gasteiger partial charge in [-0.05, 0) is 35.7 Å². The Morgan fingerprint density at radius 3 is 2.76 bits per heavy atom. The highest BCUT2D eigenvalue weighted by Crippen LogP contribution is 2.43. The van der Waals surface area contributed by atoms with Crippen molar-refractivity contribution in [2.24, 2.45) is 23.7 Å². The normalized spacial score (nSPS) is 33.2. The van der Waals surface area contributed by atoms with Crippen LogP contribution in [0.2, 0.25) is 0 Å². The number of carbonyl (C=O) groups excluding carboxylic acids is 1. The second-order valence-electron chi connectivity index (χ2n) is 5.81. The number of aliphatic hydroxyl groups is 1. The van der Waals surface area contributed by atoms with E-state index in [2.05, 4.69) is 32.9 Å². The van der Waals surface area contributed by atoms with Crippen LogP contribution in [-0.4, -0.2) is 17.5 Å². The van der Waals surface area contributed by atoms with Crippen molar-refractivity contribution in [3.8, 4) is 0 Å². The number of hydrogen-bond acceptors (Lipinski definition) is 2. The third-order valence-electron chi connectivity index (χ3n) is 4.27. The van der Waals surface area contributed by atoms with Crippen molar-refractivity contribution in [3.63, 3.8) is 0 Å². The molecular weight excluding hydrogens is 212 g/mol. The van der Waals surface area contributed by atoms with Crippen molar-refractivity contribution in [1.82, 2.24) is 0 Å². The maximum atomic E-state index is 12.0. The van der Waals surface area contributed by atoms with Gasteiger partial charge in [0, 0.05) is 12.0 Å². The van der Waals surface area contributed by atoms with Crippen LogP contribution in [0.4, 0.5) is 0 Å². The Morgan fingerprint density at radius 1 is 1.47 bits per heavy atom. The SMILES string of the molecule is CC(C)[C@@H]1CC(=O)C(CO)=C2C=C[C@H](C)C[C@H]21. The fourth-order valence-electron chi connectivity index (χ4n) is 3.25. The second-order valence-corrected chi connectivity index (χ2v) is 5.81. The lowest BCUT2D eigenvalue weighted by Crippen LogP contribution is -2.34. The molecule has 0 unspecified atom stereocenters.